The summed E-state index contributed by atoms with van der Waals surface area (Å²) in [7, 11) is 6.17. The second kappa shape index (κ2) is 5.77. The summed E-state index contributed by atoms with van der Waals surface area (Å²) in [6, 6.07) is 8.86. The highest BCUT2D eigenvalue weighted by molar-refractivity contribution is 5.31. The standard InChI is InChI=1S/C18H27NO/c1-19(2)12-17-13-4-6-14(7-5-13)18(17)15-8-10-16(20-3)11-9-15/h8-11,13-14,17-18H,4-7,12H2,1-3H3/t13?,14?,17-,18-/m1/s1. The fraction of sp³-hybridized carbons (Fsp3) is 0.667. The minimum Gasteiger partial charge on any atom is -0.497 e. The quantitative estimate of drug-likeness (QED) is 0.828. The minimum absolute atomic E-state index is 0.760. The lowest BCUT2D eigenvalue weighted by atomic mass is 9.57. The van der Waals surface area contributed by atoms with Crippen molar-refractivity contribution < 1.29 is 4.74 Å². The summed E-state index contributed by atoms with van der Waals surface area (Å²) >= 11 is 0. The highest BCUT2D eigenvalue weighted by Gasteiger charge is 2.43. The molecule has 0 saturated heterocycles. The summed E-state index contributed by atoms with van der Waals surface area (Å²) in [5.74, 6) is 4.41. The van der Waals surface area contributed by atoms with Crippen LogP contribution in [0.1, 0.15) is 37.2 Å². The zero-order valence-electron chi connectivity index (χ0n) is 13.0. The van der Waals surface area contributed by atoms with Crippen molar-refractivity contribution in [1.29, 1.82) is 0 Å². The minimum atomic E-state index is 0.760. The molecule has 0 unspecified atom stereocenters. The molecule has 3 fully saturated rings. The molecule has 0 aliphatic heterocycles. The Labute approximate surface area is 123 Å². The maximum atomic E-state index is 5.30. The Kier molecular flexibility index (Phi) is 4.02. The fourth-order valence-electron chi connectivity index (χ4n) is 4.60. The van der Waals surface area contributed by atoms with Gasteiger partial charge in [-0.05, 0) is 81.1 Å². The lowest BCUT2D eigenvalue weighted by Crippen LogP contribution is -2.43. The molecule has 2 heteroatoms. The second-order valence-electron chi connectivity index (χ2n) is 6.90. The number of methoxy groups -OCH3 is 1. The van der Waals surface area contributed by atoms with E-state index in [0.717, 1.165) is 29.4 Å². The third-order valence-electron chi connectivity index (χ3n) is 5.47. The van der Waals surface area contributed by atoms with Gasteiger partial charge in [0, 0.05) is 6.54 Å². The molecule has 0 heterocycles. The molecule has 0 N–H and O–H groups in total. The van der Waals surface area contributed by atoms with Gasteiger partial charge in [0.15, 0.2) is 0 Å². The maximum Gasteiger partial charge on any atom is 0.118 e. The molecule has 0 radical (unpaired) electrons. The molecule has 20 heavy (non-hydrogen) atoms. The Balaban J connectivity index is 1.86. The van der Waals surface area contributed by atoms with E-state index in [9.17, 15) is 0 Å². The topological polar surface area (TPSA) is 12.5 Å². The number of nitrogens with zero attached hydrogens (tertiary/aromatic N) is 1. The first kappa shape index (κ1) is 13.9. The summed E-state index contributed by atoms with van der Waals surface area (Å²) in [6.07, 6.45) is 5.78. The lowest BCUT2D eigenvalue weighted by molar-refractivity contribution is 0.0507. The molecule has 4 rings (SSSR count). The number of ether oxygens (including phenoxy) is 1. The van der Waals surface area contributed by atoms with Gasteiger partial charge in [-0.25, -0.2) is 0 Å². The van der Waals surface area contributed by atoms with E-state index in [1.807, 2.05) is 0 Å². The van der Waals surface area contributed by atoms with Crippen molar-refractivity contribution in [2.45, 2.75) is 31.6 Å². The molecule has 1 aromatic carbocycles. The van der Waals surface area contributed by atoms with Gasteiger partial charge in [-0.1, -0.05) is 12.1 Å². The number of hydrogen-bond donors (Lipinski definition) is 0. The lowest BCUT2D eigenvalue weighted by Gasteiger charge is -2.50. The smallest absolute Gasteiger partial charge is 0.118 e. The molecule has 110 valence electrons. The van der Waals surface area contributed by atoms with Gasteiger partial charge in [-0.15, -0.1) is 0 Å². The Bertz CT molecular complexity index is 431. The molecule has 0 spiro atoms. The molecular weight excluding hydrogens is 246 g/mol. The summed E-state index contributed by atoms with van der Waals surface area (Å²) in [6.45, 7) is 1.23. The number of rotatable bonds is 4. The predicted octanol–water partition coefficient (Wildman–Crippen LogP) is 3.78. The first-order valence-corrected chi connectivity index (χ1v) is 7.97. The summed E-state index contributed by atoms with van der Waals surface area (Å²) < 4.78 is 5.30. The molecule has 1 aromatic rings. The molecule has 3 aliphatic rings. The van der Waals surface area contributed by atoms with Gasteiger partial charge in [-0.3, -0.25) is 0 Å². The van der Waals surface area contributed by atoms with Gasteiger partial charge < -0.3 is 9.64 Å². The molecule has 0 amide bonds. The Morgan fingerprint density at radius 2 is 1.60 bits per heavy atom. The number of benzene rings is 1. The zero-order chi connectivity index (χ0) is 14.1. The van der Waals surface area contributed by atoms with Crippen LogP contribution in [-0.2, 0) is 0 Å². The highest BCUT2D eigenvalue weighted by Crippen LogP contribution is 2.53. The zero-order valence-corrected chi connectivity index (χ0v) is 13.0. The van der Waals surface area contributed by atoms with Crippen molar-refractivity contribution in [3.05, 3.63) is 29.8 Å². The highest BCUT2D eigenvalue weighted by atomic mass is 16.5. The Morgan fingerprint density at radius 3 is 2.15 bits per heavy atom. The summed E-state index contributed by atoms with van der Waals surface area (Å²) in [5, 5.41) is 0. The summed E-state index contributed by atoms with van der Waals surface area (Å²) in [5.41, 5.74) is 1.53. The maximum absolute atomic E-state index is 5.30. The molecule has 2 bridgehead atoms. The number of hydrogen-bond acceptors (Lipinski definition) is 2. The molecule has 3 saturated carbocycles. The average Bonchev–Trinajstić information content (AvgIpc) is 2.48. The van der Waals surface area contributed by atoms with Crippen LogP contribution in [0.3, 0.4) is 0 Å². The van der Waals surface area contributed by atoms with Crippen molar-refractivity contribution >= 4 is 0 Å². The van der Waals surface area contributed by atoms with Crippen LogP contribution in [0.5, 0.6) is 5.75 Å². The van der Waals surface area contributed by atoms with E-state index in [2.05, 4.69) is 43.3 Å². The molecule has 2 nitrogen and oxygen atoms in total. The van der Waals surface area contributed by atoms with Crippen LogP contribution in [0, 0.1) is 17.8 Å². The van der Waals surface area contributed by atoms with Gasteiger partial charge in [0.25, 0.3) is 0 Å². The van der Waals surface area contributed by atoms with Crippen molar-refractivity contribution in [2.75, 3.05) is 27.7 Å². The van der Waals surface area contributed by atoms with E-state index in [0.29, 0.717) is 0 Å². The van der Waals surface area contributed by atoms with Crippen LogP contribution in [0.25, 0.3) is 0 Å². The van der Waals surface area contributed by atoms with Crippen molar-refractivity contribution in [3.8, 4) is 5.75 Å². The van der Waals surface area contributed by atoms with Crippen molar-refractivity contribution in [1.82, 2.24) is 4.90 Å². The third kappa shape index (κ3) is 2.58. The van der Waals surface area contributed by atoms with Gasteiger partial charge in [-0.2, -0.15) is 0 Å². The van der Waals surface area contributed by atoms with E-state index in [4.69, 9.17) is 4.74 Å². The predicted molar refractivity (Wildman–Crippen MR) is 83.2 cm³/mol. The molecule has 3 aliphatic carbocycles. The van der Waals surface area contributed by atoms with E-state index < -0.39 is 0 Å². The van der Waals surface area contributed by atoms with Crippen LogP contribution >= 0.6 is 0 Å². The van der Waals surface area contributed by atoms with Gasteiger partial charge in [0.1, 0.15) is 5.75 Å². The Hall–Kier alpha value is -1.02. The van der Waals surface area contributed by atoms with Gasteiger partial charge in [0.2, 0.25) is 0 Å². The summed E-state index contributed by atoms with van der Waals surface area (Å²) in [4.78, 5) is 2.38. The molecule has 2 atom stereocenters. The van der Waals surface area contributed by atoms with E-state index in [-0.39, 0.29) is 0 Å². The fourth-order valence-corrected chi connectivity index (χ4v) is 4.60. The first-order chi connectivity index (χ1) is 9.69. The van der Waals surface area contributed by atoms with E-state index in [1.165, 1.54) is 37.8 Å². The SMILES string of the molecule is COc1ccc([C@H]2C3CCC(CC3)[C@H]2CN(C)C)cc1. The van der Waals surface area contributed by atoms with Crippen LogP contribution in [0.2, 0.25) is 0 Å². The van der Waals surface area contributed by atoms with Gasteiger partial charge >= 0.3 is 0 Å². The normalized spacial score (nSPS) is 32.6. The molecular formula is C18H27NO. The third-order valence-corrected chi connectivity index (χ3v) is 5.47. The first-order valence-electron chi connectivity index (χ1n) is 7.97. The van der Waals surface area contributed by atoms with Crippen LogP contribution in [-0.4, -0.2) is 32.6 Å². The van der Waals surface area contributed by atoms with E-state index in [1.54, 1.807) is 7.11 Å². The second-order valence-corrected chi connectivity index (χ2v) is 6.90. The van der Waals surface area contributed by atoms with Crippen LogP contribution in [0.4, 0.5) is 0 Å². The van der Waals surface area contributed by atoms with Gasteiger partial charge in [0.05, 0.1) is 7.11 Å². The largest absolute Gasteiger partial charge is 0.497 e. The average molecular weight is 273 g/mol. The van der Waals surface area contributed by atoms with E-state index >= 15 is 0 Å². The van der Waals surface area contributed by atoms with Crippen molar-refractivity contribution in [3.63, 3.8) is 0 Å². The molecule has 0 aromatic heterocycles. The van der Waals surface area contributed by atoms with Crippen LogP contribution < -0.4 is 4.74 Å². The van der Waals surface area contributed by atoms with Crippen molar-refractivity contribution in [2.24, 2.45) is 17.8 Å². The number of fused-ring (bicyclic) bond motifs is 3. The monoisotopic (exact) mass is 273 g/mol. The Morgan fingerprint density at radius 1 is 1.00 bits per heavy atom. The van der Waals surface area contributed by atoms with Crippen LogP contribution in [0.15, 0.2) is 24.3 Å².